The van der Waals surface area contributed by atoms with Crippen LogP contribution < -0.4 is 10.1 Å². The van der Waals surface area contributed by atoms with Crippen molar-refractivity contribution in [2.24, 2.45) is 0 Å². The fourth-order valence-corrected chi connectivity index (χ4v) is 1.57. The van der Waals surface area contributed by atoms with Gasteiger partial charge in [-0.15, -0.1) is 0 Å². The summed E-state index contributed by atoms with van der Waals surface area (Å²) < 4.78 is 10.6. The first-order chi connectivity index (χ1) is 8.26. The van der Waals surface area contributed by atoms with E-state index in [1.807, 2.05) is 12.1 Å². The fraction of sp³-hybridized carbons (Fsp3) is 0.250. The Kier molecular flexibility index (Phi) is 3.30. The molecule has 0 aliphatic rings. The maximum absolute atomic E-state index is 11.6. The van der Waals surface area contributed by atoms with Gasteiger partial charge in [-0.05, 0) is 12.1 Å². The Labute approximate surface area is 98.0 Å². The molecule has 2 rings (SSSR count). The number of rotatable bonds is 4. The van der Waals surface area contributed by atoms with Crippen LogP contribution in [0, 0.1) is 0 Å². The van der Waals surface area contributed by atoms with Crippen LogP contribution in [0.5, 0.6) is 5.75 Å². The molecule has 5 nitrogen and oxygen atoms in total. The molecule has 17 heavy (non-hydrogen) atoms. The summed E-state index contributed by atoms with van der Waals surface area (Å²) in [6, 6.07) is 7.07. The molecule has 0 saturated carbocycles. The molecule has 0 unspecified atom stereocenters. The highest BCUT2D eigenvalue weighted by molar-refractivity contribution is 5.97. The molecule has 0 spiro atoms. The lowest BCUT2D eigenvalue weighted by Crippen LogP contribution is -2.25. The first kappa shape index (κ1) is 11.5. The van der Waals surface area contributed by atoms with E-state index in [2.05, 4.69) is 5.32 Å². The highest BCUT2D eigenvalue weighted by atomic mass is 16.5. The zero-order valence-electron chi connectivity index (χ0n) is 9.40. The SMILES string of the molecule is COc1cccc2cc(C(=O)NCCO)oc12. The van der Waals surface area contributed by atoms with E-state index in [9.17, 15) is 4.79 Å². The van der Waals surface area contributed by atoms with Gasteiger partial charge in [0.1, 0.15) is 0 Å². The van der Waals surface area contributed by atoms with E-state index in [1.54, 1.807) is 19.2 Å². The van der Waals surface area contributed by atoms with Gasteiger partial charge in [-0.2, -0.15) is 0 Å². The number of fused-ring (bicyclic) bond motifs is 1. The second kappa shape index (κ2) is 4.88. The summed E-state index contributed by atoms with van der Waals surface area (Å²) >= 11 is 0. The number of hydrogen-bond donors (Lipinski definition) is 2. The highest BCUT2D eigenvalue weighted by Crippen LogP contribution is 2.28. The van der Waals surface area contributed by atoms with Gasteiger partial charge in [0.15, 0.2) is 17.1 Å². The van der Waals surface area contributed by atoms with E-state index < -0.39 is 0 Å². The van der Waals surface area contributed by atoms with Gasteiger partial charge in [0.2, 0.25) is 0 Å². The number of methoxy groups -OCH3 is 1. The largest absolute Gasteiger partial charge is 0.493 e. The summed E-state index contributed by atoms with van der Waals surface area (Å²) in [5.74, 6) is 0.443. The van der Waals surface area contributed by atoms with Crippen molar-refractivity contribution in [3.8, 4) is 5.75 Å². The molecule has 5 heteroatoms. The van der Waals surface area contributed by atoms with Crippen LogP contribution in [0.1, 0.15) is 10.6 Å². The smallest absolute Gasteiger partial charge is 0.287 e. The number of ether oxygens (including phenoxy) is 1. The molecule has 0 aliphatic heterocycles. The predicted molar refractivity (Wildman–Crippen MR) is 62.2 cm³/mol. The van der Waals surface area contributed by atoms with Crippen LogP contribution in [0.3, 0.4) is 0 Å². The molecule has 0 fully saturated rings. The standard InChI is InChI=1S/C12H13NO4/c1-16-9-4-2-3-8-7-10(17-11(8)9)12(15)13-5-6-14/h2-4,7,14H,5-6H2,1H3,(H,13,15). The predicted octanol–water partition coefficient (Wildman–Crippen LogP) is 1.16. The van der Waals surface area contributed by atoms with Crippen LogP contribution in [-0.2, 0) is 0 Å². The van der Waals surface area contributed by atoms with E-state index in [-0.39, 0.29) is 24.8 Å². The van der Waals surface area contributed by atoms with Crippen molar-refractivity contribution in [3.05, 3.63) is 30.0 Å². The van der Waals surface area contributed by atoms with Gasteiger partial charge in [-0.3, -0.25) is 4.79 Å². The van der Waals surface area contributed by atoms with Gasteiger partial charge in [0, 0.05) is 11.9 Å². The van der Waals surface area contributed by atoms with Gasteiger partial charge in [0.25, 0.3) is 5.91 Å². The van der Waals surface area contributed by atoms with Crippen LogP contribution in [0.4, 0.5) is 0 Å². The minimum atomic E-state index is -0.350. The number of nitrogens with one attached hydrogen (secondary N) is 1. The lowest BCUT2D eigenvalue weighted by atomic mass is 10.2. The molecule has 2 N–H and O–H groups in total. The number of aliphatic hydroxyl groups excluding tert-OH is 1. The molecule has 2 aromatic rings. The van der Waals surface area contributed by atoms with Gasteiger partial charge in [-0.1, -0.05) is 12.1 Å². The number of carbonyl (C=O) groups excluding carboxylic acids is 1. The lowest BCUT2D eigenvalue weighted by molar-refractivity contribution is 0.0919. The average molecular weight is 235 g/mol. The molecule has 1 aromatic carbocycles. The monoisotopic (exact) mass is 235 g/mol. The first-order valence-electron chi connectivity index (χ1n) is 5.22. The van der Waals surface area contributed by atoms with E-state index in [1.165, 1.54) is 0 Å². The molecular formula is C12H13NO4. The Morgan fingerprint density at radius 3 is 3.06 bits per heavy atom. The normalized spacial score (nSPS) is 10.5. The van der Waals surface area contributed by atoms with Crippen molar-refractivity contribution < 1.29 is 19.1 Å². The quantitative estimate of drug-likeness (QED) is 0.834. The lowest BCUT2D eigenvalue weighted by Gasteiger charge is -1.99. The van der Waals surface area contributed by atoms with Crippen LogP contribution in [-0.4, -0.2) is 31.3 Å². The van der Waals surface area contributed by atoms with Crippen LogP contribution in [0.2, 0.25) is 0 Å². The molecule has 0 aliphatic carbocycles. The van der Waals surface area contributed by atoms with Crippen molar-refractivity contribution in [2.45, 2.75) is 0 Å². The van der Waals surface area contributed by atoms with Gasteiger partial charge in [0.05, 0.1) is 13.7 Å². The van der Waals surface area contributed by atoms with Crippen molar-refractivity contribution in [2.75, 3.05) is 20.3 Å². The zero-order chi connectivity index (χ0) is 12.3. The van der Waals surface area contributed by atoms with Gasteiger partial charge < -0.3 is 19.6 Å². The maximum Gasteiger partial charge on any atom is 0.287 e. The molecule has 0 saturated heterocycles. The van der Waals surface area contributed by atoms with Crippen molar-refractivity contribution >= 4 is 16.9 Å². The number of furan rings is 1. The third kappa shape index (κ3) is 2.24. The van der Waals surface area contributed by atoms with Crippen LogP contribution in [0.15, 0.2) is 28.7 Å². The van der Waals surface area contributed by atoms with Gasteiger partial charge >= 0.3 is 0 Å². The third-order valence-electron chi connectivity index (χ3n) is 2.35. The Morgan fingerprint density at radius 2 is 2.35 bits per heavy atom. The fourth-order valence-electron chi connectivity index (χ4n) is 1.57. The Bertz CT molecular complexity index is 532. The molecule has 0 atom stereocenters. The summed E-state index contributed by atoms with van der Waals surface area (Å²) in [6.07, 6.45) is 0. The number of carbonyl (C=O) groups is 1. The topological polar surface area (TPSA) is 71.7 Å². The minimum absolute atomic E-state index is 0.102. The molecule has 1 amide bonds. The number of benzene rings is 1. The Morgan fingerprint density at radius 1 is 1.53 bits per heavy atom. The molecule has 90 valence electrons. The minimum Gasteiger partial charge on any atom is -0.493 e. The number of amides is 1. The Balaban J connectivity index is 2.34. The van der Waals surface area contributed by atoms with Crippen LogP contribution in [0.25, 0.3) is 11.0 Å². The van der Waals surface area contributed by atoms with Crippen LogP contribution >= 0.6 is 0 Å². The summed E-state index contributed by atoms with van der Waals surface area (Å²) in [7, 11) is 1.54. The maximum atomic E-state index is 11.6. The summed E-state index contributed by atoms with van der Waals surface area (Å²) in [5, 5.41) is 11.9. The van der Waals surface area contributed by atoms with E-state index in [0.29, 0.717) is 11.3 Å². The van der Waals surface area contributed by atoms with E-state index in [4.69, 9.17) is 14.3 Å². The molecular weight excluding hydrogens is 222 g/mol. The molecule has 0 bridgehead atoms. The molecule has 1 heterocycles. The zero-order valence-corrected chi connectivity index (χ0v) is 9.40. The second-order valence-electron chi connectivity index (χ2n) is 3.47. The van der Waals surface area contributed by atoms with Gasteiger partial charge in [-0.25, -0.2) is 0 Å². The van der Waals surface area contributed by atoms with E-state index in [0.717, 1.165) is 5.39 Å². The number of aliphatic hydroxyl groups is 1. The highest BCUT2D eigenvalue weighted by Gasteiger charge is 2.13. The van der Waals surface area contributed by atoms with Crippen molar-refractivity contribution in [1.82, 2.24) is 5.32 Å². The molecule has 0 radical (unpaired) electrons. The van der Waals surface area contributed by atoms with Crippen molar-refractivity contribution in [1.29, 1.82) is 0 Å². The summed E-state index contributed by atoms with van der Waals surface area (Å²) in [4.78, 5) is 11.6. The third-order valence-corrected chi connectivity index (χ3v) is 2.35. The molecule has 1 aromatic heterocycles. The number of para-hydroxylation sites is 1. The van der Waals surface area contributed by atoms with E-state index >= 15 is 0 Å². The summed E-state index contributed by atoms with van der Waals surface area (Å²) in [5.41, 5.74) is 0.546. The first-order valence-corrected chi connectivity index (χ1v) is 5.22. The van der Waals surface area contributed by atoms with Crippen molar-refractivity contribution in [3.63, 3.8) is 0 Å². The average Bonchev–Trinajstić information content (AvgIpc) is 2.79. The number of hydrogen-bond acceptors (Lipinski definition) is 4. The summed E-state index contributed by atoms with van der Waals surface area (Å²) in [6.45, 7) is 0.0995. The second-order valence-corrected chi connectivity index (χ2v) is 3.47. The Hall–Kier alpha value is -2.01.